The highest BCUT2D eigenvalue weighted by Gasteiger charge is 2.55. The van der Waals surface area contributed by atoms with Gasteiger partial charge in [0.15, 0.2) is 23.6 Å². The number of rotatable bonds is 9. The first kappa shape index (κ1) is 37.7. The standard InChI is InChI=1S/C41H50N2O11/c1-20(2)7-8-25-16-26(9-11-28(25)44)36(47)42-30-31(45)27-10-12-29(21(3)33(27)52-37(30)48)51-38-32(46)34(35(50-6)40(4,5)54-38)53-39(49)43-41-17-22-13-23(18-41)15-24(14-22)19-41/h7,9-12,16,22-24,32,34-35,38,44-46H,8,13-15,17-19H2,1-6H3,(H,42,47)(H,43,49)/t22?,23?,24?,32-,34+,35-,38-,41?/m1/s1. The predicted molar refractivity (Wildman–Crippen MR) is 199 cm³/mol. The number of phenols is 1. The highest BCUT2D eigenvalue weighted by Crippen LogP contribution is 2.55. The van der Waals surface area contributed by atoms with Crippen molar-refractivity contribution < 1.29 is 48.3 Å². The van der Waals surface area contributed by atoms with E-state index in [-0.39, 0.29) is 33.6 Å². The van der Waals surface area contributed by atoms with Crippen molar-refractivity contribution >= 4 is 28.7 Å². The lowest BCUT2D eigenvalue weighted by Crippen LogP contribution is -2.66. The van der Waals surface area contributed by atoms with Gasteiger partial charge in [0, 0.05) is 23.8 Å². The van der Waals surface area contributed by atoms with Crippen LogP contribution in [0.2, 0.25) is 0 Å². The van der Waals surface area contributed by atoms with Crippen molar-refractivity contribution in [3.63, 3.8) is 0 Å². The summed E-state index contributed by atoms with van der Waals surface area (Å²) in [4.78, 5) is 39.9. The van der Waals surface area contributed by atoms with Gasteiger partial charge in [0.25, 0.3) is 5.91 Å². The van der Waals surface area contributed by atoms with Crippen molar-refractivity contribution in [2.45, 2.75) is 115 Å². The van der Waals surface area contributed by atoms with Gasteiger partial charge >= 0.3 is 11.7 Å². The summed E-state index contributed by atoms with van der Waals surface area (Å²) in [5, 5.41) is 38.8. The van der Waals surface area contributed by atoms with Crippen molar-refractivity contribution in [1.82, 2.24) is 5.32 Å². The Morgan fingerprint density at radius 2 is 1.69 bits per heavy atom. The summed E-state index contributed by atoms with van der Waals surface area (Å²) in [7, 11) is 1.46. The van der Waals surface area contributed by atoms with Crippen molar-refractivity contribution in [3.8, 4) is 17.2 Å². The second-order valence-electron chi connectivity index (χ2n) is 16.5. The number of anilines is 1. The van der Waals surface area contributed by atoms with Gasteiger partial charge in [-0.05, 0) is 133 Å². The van der Waals surface area contributed by atoms with Crippen LogP contribution in [0.3, 0.4) is 0 Å². The molecule has 54 heavy (non-hydrogen) atoms. The zero-order chi connectivity index (χ0) is 38.7. The van der Waals surface area contributed by atoms with E-state index in [1.165, 1.54) is 56.7 Å². The minimum absolute atomic E-state index is 0.0104. The molecule has 3 aromatic rings. The van der Waals surface area contributed by atoms with Gasteiger partial charge in [-0.1, -0.05) is 11.6 Å². The van der Waals surface area contributed by atoms with E-state index in [4.69, 9.17) is 23.4 Å². The first-order valence-corrected chi connectivity index (χ1v) is 18.7. The molecular weight excluding hydrogens is 696 g/mol. The summed E-state index contributed by atoms with van der Waals surface area (Å²) >= 11 is 0. The molecule has 8 rings (SSSR count). The lowest BCUT2D eigenvalue weighted by Gasteiger charge is -2.56. The number of aromatic hydroxyl groups is 2. The van der Waals surface area contributed by atoms with Gasteiger partial charge < -0.3 is 49.3 Å². The van der Waals surface area contributed by atoms with E-state index in [9.17, 15) is 29.7 Å². The van der Waals surface area contributed by atoms with E-state index in [1.54, 1.807) is 20.8 Å². The largest absolute Gasteiger partial charge is 0.508 e. The molecule has 1 aliphatic heterocycles. The van der Waals surface area contributed by atoms with Gasteiger partial charge in [-0.15, -0.1) is 0 Å². The number of amides is 2. The number of allylic oxidation sites excluding steroid dienone is 2. The van der Waals surface area contributed by atoms with Gasteiger partial charge in [0.1, 0.15) is 23.2 Å². The number of ether oxygens (including phenoxy) is 4. The maximum Gasteiger partial charge on any atom is 0.408 e. The maximum atomic E-state index is 13.5. The smallest absolute Gasteiger partial charge is 0.408 e. The summed E-state index contributed by atoms with van der Waals surface area (Å²) in [5.74, 6) is 0.855. The van der Waals surface area contributed by atoms with E-state index in [2.05, 4.69) is 10.6 Å². The molecule has 2 aromatic carbocycles. The Morgan fingerprint density at radius 1 is 1.02 bits per heavy atom. The lowest BCUT2D eigenvalue weighted by atomic mass is 9.53. The number of hydrogen-bond acceptors (Lipinski definition) is 11. The minimum atomic E-state index is -1.47. The molecule has 0 radical (unpaired) electrons. The van der Waals surface area contributed by atoms with Gasteiger partial charge in [-0.25, -0.2) is 9.59 Å². The van der Waals surface area contributed by atoms with Crippen LogP contribution in [0.25, 0.3) is 11.0 Å². The van der Waals surface area contributed by atoms with E-state index < -0.39 is 59.3 Å². The fraction of sp³-hybridized carbons (Fsp3) is 0.537. The molecule has 13 heteroatoms. The minimum Gasteiger partial charge on any atom is -0.508 e. The molecule has 2 amide bonds. The van der Waals surface area contributed by atoms with E-state index in [0.29, 0.717) is 35.3 Å². The normalized spacial score (nSPS) is 29.4. The Kier molecular flexibility index (Phi) is 9.95. The summed E-state index contributed by atoms with van der Waals surface area (Å²) in [6.07, 6.45) is 3.40. The Bertz CT molecular complexity index is 2010. The fourth-order valence-electron chi connectivity index (χ4n) is 9.56. The average molecular weight is 747 g/mol. The van der Waals surface area contributed by atoms with Gasteiger partial charge in [-0.2, -0.15) is 0 Å². The Morgan fingerprint density at radius 3 is 2.31 bits per heavy atom. The third-order valence-electron chi connectivity index (χ3n) is 11.7. The molecule has 13 nitrogen and oxygen atoms in total. The van der Waals surface area contributed by atoms with Crippen LogP contribution in [0.5, 0.6) is 17.2 Å². The van der Waals surface area contributed by atoms with Crippen LogP contribution < -0.4 is 21.0 Å². The molecule has 5 aliphatic rings. The predicted octanol–water partition coefficient (Wildman–Crippen LogP) is 6.23. The molecule has 1 aromatic heterocycles. The maximum absolute atomic E-state index is 13.5. The van der Waals surface area contributed by atoms with E-state index >= 15 is 0 Å². The van der Waals surface area contributed by atoms with E-state index in [0.717, 1.165) is 24.8 Å². The molecule has 4 aliphatic carbocycles. The molecule has 290 valence electrons. The van der Waals surface area contributed by atoms with Gasteiger partial charge in [0.2, 0.25) is 6.29 Å². The topological polar surface area (TPSA) is 186 Å². The molecule has 1 saturated heterocycles. The zero-order valence-corrected chi connectivity index (χ0v) is 31.6. The number of aliphatic hydroxyl groups excluding tert-OH is 1. The molecule has 0 spiro atoms. The highest BCUT2D eigenvalue weighted by molar-refractivity contribution is 6.06. The third-order valence-corrected chi connectivity index (χ3v) is 11.7. The first-order chi connectivity index (χ1) is 25.6. The van der Waals surface area contributed by atoms with Crippen molar-refractivity contribution in [2.75, 3.05) is 12.4 Å². The van der Waals surface area contributed by atoms with Crippen LogP contribution in [0.1, 0.15) is 87.7 Å². The van der Waals surface area contributed by atoms with Gasteiger partial charge in [0.05, 0.1) is 11.0 Å². The summed E-state index contributed by atoms with van der Waals surface area (Å²) in [6.45, 7) is 8.95. The van der Waals surface area contributed by atoms with Gasteiger partial charge in [-0.3, -0.25) is 4.79 Å². The third kappa shape index (κ3) is 7.16. The molecule has 5 fully saturated rings. The molecule has 4 saturated carbocycles. The molecule has 2 heterocycles. The number of hydrogen-bond donors (Lipinski definition) is 5. The van der Waals surface area contributed by atoms with Crippen LogP contribution in [-0.4, -0.2) is 70.2 Å². The summed E-state index contributed by atoms with van der Waals surface area (Å²) < 4.78 is 29.7. The Balaban J connectivity index is 1.09. The molecular formula is C41H50N2O11. The Hall–Kier alpha value is -4.59. The highest BCUT2D eigenvalue weighted by atomic mass is 16.7. The van der Waals surface area contributed by atoms with Crippen LogP contribution in [0.15, 0.2) is 51.2 Å². The second-order valence-corrected chi connectivity index (χ2v) is 16.5. The number of alkyl carbamates (subject to hydrolysis) is 1. The zero-order valence-electron chi connectivity index (χ0n) is 31.6. The van der Waals surface area contributed by atoms with Crippen molar-refractivity contribution in [3.05, 3.63) is 69.1 Å². The summed E-state index contributed by atoms with van der Waals surface area (Å²) in [6, 6.07) is 7.29. The number of aliphatic hydroxyl groups is 1. The summed E-state index contributed by atoms with van der Waals surface area (Å²) in [5.41, 5.74) is -0.799. The molecule has 5 N–H and O–H groups in total. The number of aryl methyl sites for hydroxylation is 1. The molecule has 4 atom stereocenters. The monoisotopic (exact) mass is 746 g/mol. The number of nitrogens with one attached hydrogen (secondary N) is 2. The number of fused-ring (bicyclic) bond motifs is 1. The molecule has 4 bridgehead atoms. The van der Waals surface area contributed by atoms with E-state index in [1.807, 2.05) is 19.9 Å². The van der Waals surface area contributed by atoms with Crippen LogP contribution in [-0.2, 0) is 20.6 Å². The number of benzene rings is 2. The second kappa shape index (κ2) is 14.2. The number of carbonyl (C=O) groups excluding carboxylic acids is 2. The fourth-order valence-corrected chi connectivity index (χ4v) is 9.56. The average Bonchev–Trinajstić information content (AvgIpc) is 3.08. The first-order valence-electron chi connectivity index (χ1n) is 18.7. The number of carbonyl (C=O) groups is 2. The number of methoxy groups -OCH3 is 1. The van der Waals surface area contributed by atoms with Crippen molar-refractivity contribution in [2.24, 2.45) is 17.8 Å². The van der Waals surface area contributed by atoms with Crippen LogP contribution >= 0.6 is 0 Å². The lowest BCUT2D eigenvalue weighted by molar-refractivity contribution is -0.305. The van der Waals surface area contributed by atoms with Crippen molar-refractivity contribution in [1.29, 1.82) is 0 Å². The quantitative estimate of drug-likeness (QED) is 0.124. The van der Waals surface area contributed by atoms with Crippen LogP contribution in [0.4, 0.5) is 10.5 Å². The number of phenolic OH excluding ortho intramolecular Hbond substituents is 1. The Labute approximate surface area is 313 Å². The SMILES string of the molecule is CO[C@@H]1[C@@H](OC(=O)NC23CC4CC(CC(C4)C2)C3)[C@@H](O)[C@H](Oc2ccc3c(O)c(NC(=O)c4ccc(O)c(CC=C(C)C)c4)c(=O)oc3c2C)OC1(C)C. The molecule has 0 unspecified atom stereocenters. The van der Waals surface area contributed by atoms with Crippen LogP contribution in [0, 0.1) is 24.7 Å².